The number of aromatic amines is 1. The van der Waals surface area contributed by atoms with Crippen LogP contribution >= 0.6 is 0 Å². The fourth-order valence-corrected chi connectivity index (χ4v) is 4.06. The zero-order chi connectivity index (χ0) is 20.9. The molecule has 2 aromatic heterocycles. The van der Waals surface area contributed by atoms with Crippen LogP contribution in [0.25, 0.3) is 10.9 Å². The normalized spacial score (nSPS) is 14.5. The molecule has 0 radical (unpaired) electrons. The summed E-state index contributed by atoms with van der Waals surface area (Å²) in [5.41, 5.74) is 4.15. The number of fused-ring (bicyclic) bond motifs is 1. The number of pyridine rings is 1. The van der Waals surface area contributed by atoms with E-state index in [4.69, 9.17) is 5.26 Å². The second kappa shape index (κ2) is 9.06. The Kier molecular flexibility index (Phi) is 6.05. The molecule has 1 aliphatic rings. The molecule has 4 rings (SSSR count). The lowest BCUT2D eigenvalue weighted by Crippen LogP contribution is -2.30. The van der Waals surface area contributed by atoms with E-state index >= 15 is 0 Å². The number of piperidine rings is 1. The maximum absolute atomic E-state index is 12.7. The van der Waals surface area contributed by atoms with Crippen LogP contribution in [0.3, 0.4) is 0 Å². The van der Waals surface area contributed by atoms with Gasteiger partial charge in [0.25, 0.3) is 5.91 Å². The van der Waals surface area contributed by atoms with Crippen LogP contribution in [0.15, 0.2) is 30.5 Å². The zero-order valence-corrected chi connectivity index (χ0v) is 17.2. The van der Waals surface area contributed by atoms with Gasteiger partial charge in [0.1, 0.15) is 11.8 Å². The van der Waals surface area contributed by atoms with E-state index in [0.717, 1.165) is 36.0 Å². The molecule has 3 aromatic rings. The molecule has 2 N–H and O–H groups in total. The highest BCUT2D eigenvalue weighted by atomic mass is 16.1. The SMILES string of the molecule is Cc1cc(C#N)cnc1C(=O)Nc1ccc2n[nH]c(CCCN3CCCCC3)c2c1. The quantitative estimate of drug-likeness (QED) is 0.653. The average Bonchev–Trinajstić information content (AvgIpc) is 3.16. The van der Waals surface area contributed by atoms with Gasteiger partial charge in [-0.2, -0.15) is 10.4 Å². The summed E-state index contributed by atoms with van der Waals surface area (Å²) in [5.74, 6) is -0.286. The Bertz CT molecular complexity index is 1090. The maximum Gasteiger partial charge on any atom is 0.274 e. The molecular weight excluding hydrogens is 376 g/mol. The van der Waals surface area contributed by atoms with Gasteiger partial charge >= 0.3 is 0 Å². The number of nitrogens with one attached hydrogen (secondary N) is 2. The standard InChI is InChI=1S/C23H26N6O/c1-16-12-17(14-24)15-25-22(16)23(30)26-18-7-8-21-19(13-18)20(27-28-21)6-5-11-29-9-3-2-4-10-29/h7-8,12-13,15H,2-6,9-11H2,1H3,(H,26,30)(H,27,28). The summed E-state index contributed by atoms with van der Waals surface area (Å²) in [7, 11) is 0. The molecule has 7 nitrogen and oxygen atoms in total. The Morgan fingerprint density at radius 2 is 2.10 bits per heavy atom. The molecule has 1 amide bonds. The summed E-state index contributed by atoms with van der Waals surface area (Å²) in [6.45, 7) is 5.31. The van der Waals surface area contributed by atoms with Gasteiger partial charge in [0.15, 0.2) is 0 Å². The third-order valence-electron chi connectivity index (χ3n) is 5.66. The van der Waals surface area contributed by atoms with Crippen LogP contribution in [-0.4, -0.2) is 45.6 Å². The second-order valence-corrected chi connectivity index (χ2v) is 7.90. The first-order chi connectivity index (χ1) is 14.6. The van der Waals surface area contributed by atoms with E-state index in [9.17, 15) is 4.79 Å². The van der Waals surface area contributed by atoms with Crippen LogP contribution in [0.2, 0.25) is 0 Å². The average molecular weight is 403 g/mol. The largest absolute Gasteiger partial charge is 0.321 e. The Balaban J connectivity index is 1.44. The number of nitrogens with zero attached hydrogens (tertiary/aromatic N) is 4. The molecule has 0 spiro atoms. The second-order valence-electron chi connectivity index (χ2n) is 7.90. The highest BCUT2D eigenvalue weighted by Gasteiger charge is 2.14. The van der Waals surface area contributed by atoms with Gasteiger partial charge in [-0.05, 0) is 82.1 Å². The summed E-state index contributed by atoms with van der Waals surface area (Å²) in [4.78, 5) is 19.3. The van der Waals surface area contributed by atoms with Gasteiger partial charge in [-0.1, -0.05) is 6.42 Å². The predicted molar refractivity (Wildman–Crippen MR) is 116 cm³/mol. The van der Waals surface area contributed by atoms with Crippen molar-refractivity contribution in [3.05, 3.63) is 53.0 Å². The summed E-state index contributed by atoms with van der Waals surface area (Å²) < 4.78 is 0. The number of likely N-dealkylation sites (tertiary alicyclic amines) is 1. The number of carbonyl (C=O) groups excluding carboxylic acids is 1. The topological polar surface area (TPSA) is 97.7 Å². The monoisotopic (exact) mass is 402 g/mol. The first-order valence-electron chi connectivity index (χ1n) is 10.5. The third-order valence-corrected chi connectivity index (χ3v) is 5.66. The van der Waals surface area contributed by atoms with Crippen LogP contribution in [0.4, 0.5) is 5.69 Å². The van der Waals surface area contributed by atoms with Crippen molar-refractivity contribution in [1.29, 1.82) is 5.26 Å². The van der Waals surface area contributed by atoms with E-state index in [-0.39, 0.29) is 5.91 Å². The Hall–Kier alpha value is -3.24. The van der Waals surface area contributed by atoms with Gasteiger partial charge in [-0.3, -0.25) is 9.89 Å². The molecule has 1 aliphatic heterocycles. The molecule has 154 valence electrons. The number of nitriles is 1. The predicted octanol–water partition coefficient (Wildman–Crippen LogP) is 3.81. The van der Waals surface area contributed by atoms with Gasteiger partial charge in [0, 0.05) is 23.0 Å². The lowest BCUT2D eigenvalue weighted by atomic mass is 10.1. The molecule has 0 atom stereocenters. The molecule has 0 bridgehead atoms. The van der Waals surface area contributed by atoms with E-state index in [1.54, 1.807) is 13.0 Å². The van der Waals surface area contributed by atoms with Crippen molar-refractivity contribution in [2.75, 3.05) is 25.0 Å². The van der Waals surface area contributed by atoms with Crippen LogP contribution < -0.4 is 5.32 Å². The number of benzene rings is 1. The molecule has 1 fully saturated rings. The number of aryl methyl sites for hydroxylation is 2. The fraction of sp³-hybridized carbons (Fsp3) is 0.391. The van der Waals surface area contributed by atoms with Gasteiger partial charge < -0.3 is 10.2 Å². The summed E-state index contributed by atoms with van der Waals surface area (Å²) in [5, 5.41) is 20.5. The number of amides is 1. The van der Waals surface area contributed by atoms with Crippen LogP contribution in [0, 0.1) is 18.3 Å². The first-order valence-corrected chi connectivity index (χ1v) is 10.5. The maximum atomic E-state index is 12.7. The van der Waals surface area contributed by atoms with Gasteiger partial charge in [0.05, 0.1) is 11.1 Å². The Morgan fingerprint density at radius 1 is 1.27 bits per heavy atom. The van der Waals surface area contributed by atoms with Crippen molar-refractivity contribution in [3.8, 4) is 6.07 Å². The minimum absolute atomic E-state index is 0.286. The molecular formula is C23H26N6O. The highest BCUT2D eigenvalue weighted by molar-refractivity contribution is 6.04. The molecule has 7 heteroatoms. The van der Waals surface area contributed by atoms with Crippen molar-refractivity contribution in [3.63, 3.8) is 0 Å². The van der Waals surface area contributed by atoms with E-state index < -0.39 is 0 Å². The van der Waals surface area contributed by atoms with Gasteiger partial charge in [0.2, 0.25) is 0 Å². The number of hydrogen-bond donors (Lipinski definition) is 2. The minimum atomic E-state index is -0.286. The molecule has 0 unspecified atom stereocenters. The smallest absolute Gasteiger partial charge is 0.274 e. The van der Waals surface area contributed by atoms with Crippen LogP contribution in [0.5, 0.6) is 0 Å². The number of carbonyl (C=O) groups is 1. The minimum Gasteiger partial charge on any atom is -0.321 e. The Morgan fingerprint density at radius 3 is 2.87 bits per heavy atom. The number of hydrogen-bond acceptors (Lipinski definition) is 5. The summed E-state index contributed by atoms with van der Waals surface area (Å²) in [6.07, 6.45) is 7.41. The molecule has 3 heterocycles. The molecule has 30 heavy (non-hydrogen) atoms. The molecule has 0 aliphatic carbocycles. The number of rotatable bonds is 6. The zero-order valence-electron chi connectivity index (χ0n) is 17.2. The molecule has 1 aromatic carbocycles. The van der Waals surface area contributed by atoms with Crippen molar-refractivity contribution in [1.82, 2.24) is 20.1 Å². The number of H-pyrrole nitrogens is 1. The van der Waals surface area contributed by atoms with E-state index in [1.165, 1.54) is 38.5 Å². The lowest BCUT2D eigenvalue weighted by molar-refractivity contribution is 0.102. The Labute approximate surface area is 176 Å². The number of anilines is 1. The van der Waals surface area contributed by atoms with E-state index in [0.29, 0.717) is 22.5 Å². The van der Waals surface area contributed by atoms with Crippen LogP contribution in [-0.2, 0) is 6.42 Å². The van der Waals surface area contributed by atoms with E-state index in [1.807, 2.05) is 24.3 Å². The highest BCUT2D eigenvalue weighted by Crippen LogP contribution is 2.23. The van der Waals surface area contributed by atoms with Crippen molar-refractivity contribution < 1.29 is 4.79 Å². The first kappa shape index (κ1) is 20.0. The fourth-order valence-electron chi connectivity index (χ4n) is 4.06. The summed E-state index contributed by atoms with van der Waals surface area (Å²) >= 11 is 0. The molecule has 0 saturated carbocycles. The van der Waals surface area contributed by atoms with Crippen LogP contribution in [0.1, 0.15) is 53.0 Å². The number of aromatic nitrogens is 3. The third kappa shape index (κ3) is 4.50. The lowest BCUT2D eigenvalue weighted by Gasteiger charge is -2.26. The van der Waals surface area contributed by atoms with Crippen molar-refractivity contribution >= 4 is 22.5 Å². The van der Waals surface area contributed by atoms with Crippen molar-refractivity contribution in [2.45, 2.75) is 39.0 Å². The van der Waals surface area contributed by atoms with Crippen molar-refractivity contribution in [2.24, 2.45) is 0 Å². The van der Waals surface area contributed by atoms with E-state index in [2.05, 4.69) is 25.4 Å². The summed E-state index contributed by atoms with van der Waals surface area (Å²) in [6, 6.07) is 9.43. The molecule has 1 saturated heterocycles. The van der Waals surface area contributed by atoms with Gasteiger partial charge in [-0.25, -0.2) is 4.98 Å². The van der Waals surface area contributed by atoms with Gasteiger partial charge in [-0.15, -0.1) is 0 Å².